The van der Waals surface area contributed by atoms with Crippen molar-refractivity contribution in [2.75, 3.05) is 16.4 Å². The van der Waals surface area contributed by atoms with Crippen LogP contribution in [-0.4, -0.2) is 21.4 Å². The number of pyridine rings is 1. The quantitative estimate of drug-likeness (QED) is 0.347. The Morgan fingerprint density at radius 1 is 1.03 bits per heavy atom. The highest BCUT2D eigenvalue weighted by Crippen LogP contribution is 2.27. The molecule has 8 heteroatoms. The van der Waals surface area contributed by atoms with E-state index in [1.54, 1.807) is 47.0 Å². The number of nitrogens with two attached hydrogens (primary N) is 1. The third-order valence-corrected chi connectivity index (χ3v) is 5.42. The SMILES string of the molecule is CC(C)(C)CC(=O)Nc1ccc2c(c1)cc(C(=O)Nc1ccc(N)cn1)n2Cc1ccccc1F. The first kappa shape index (κ1) is 23.9. The van der Waals surface area contributed by atoms with Crippen LogP contribution in [0.5, 0.6) is 0 Å². The number of fused-ring (bicyclic) bond motifs is 1. The molecule has 4 N–H and O–H groups in total. The van der Waals surface area contributed by atoms with Gasteiger partial charge in [0.1, 0.15) is 17.3 Å². The number of anilines is 3. The van der Waals surface area contributed by atoms with E-state index < -0.39 is 5.91 Å². The summed E-state index contributed by atoms with van der Waals surface area (Å²) in [6.45, 7) is 6.15. The second-order valence-corrected chi connectivity index (χ2v) is 9.70. The van der Waals surface area contributed by atoms with E-state index in [0.29, 0.717) is 34.9 Å². The summed E-state index contributed by atoms with van der Waals surface area (Å²) in [4.78, 5) is 29.8. The molecule has 180 valence electrons. The minimum Gasteiger partial charge on any atom is -0.397 e. The first-order chi connectivity index (χ1) is 16.6. The fourth-order valence-corrected chi connectivity index (χ4v) is 3.85. The van der Waals surface area contributed by atoms with Crippen molar-refractivity contribution in [2.45, 2.75) is 33.7 Å². The Hall–Kier alpha value is -4.20. The minimum absolute atomic E-state index is 0.0879. The Bertz CT molecular complexity index is 1390. The molecule has 0 aliphatic carbocycles. The number of nitrogens with zero attached hydrogens (tertiary/aromatic N) is 2. The molecule has 2 heterocycles. The van der Waals surface area contributed by atoms with Crippen LogP contribution in [0.4, 0.5) is 21.6 Å². The number of carbonyl (C=O) groups is 2. The molecule has 0 saturated heterocycles. The fraction of sp³-hybridized carbons (Fsp3) is 0.222. The van der Waals surface area contributed by atoms with E-state index in [0.717, 1.165) is 10.9 Å². The molecule has 0 saturated carbocycles. The summed E-state index contributed by atoms with van der Waals surface area (Å²) in [5, 5.41) is 6.43. The van der Waals surface area contributed by atoms with E-state index in [4.69, 9.17) is 5.73 Å². The highest BCUT2D eigenvalue weighted by atomic mass is 19.1. The highest BCUT2D eigenvalue weighted by molar-refractivity contribution is 6.06. The Kier molecular flexibility index (Phi) is 6.55. The van der Waals surface area contributed by atoms with Crippen molar-refractivity contribution >= 4 is 39.9 Å². The molecule has 0 aliphatic rings. The zero-order valence-corrected chi connectivity index (χ0v) is 19.9. The van der Waals surface area contributed by atoms with Crippen LogP contribution in [0.15, 0.2) is 66.9 Å². The van der Waals surface area contributed by atoms with Gasteiger partial charge in [0.15, 0.2) is 0 Å². The number of nitrogen functional groups attached to an aromatic ring is 1. The second kappa shape index (κ2) is 9.58. The number of carbonyl (C=O) groups excluding carboxylic acids is 2. The van der Waals surface area contributed by atoms with Gasteiger partial charge < -0.3 is 20.9 Å². The van der Waals surface area contributed by atoms with E-state index in [-0.39, 0.29) is 23.7 Å². The molecule has 2 aromatic heterocycles. The molecule has 0 aliphatic heterocycles. The number of hydrogen-bond acceptors (Lipinski definition) is 4. The number of amides is 2. The van der Waals surface area contributed by atoms with Crippen molar-refractivity contribution in [1.82, 2.24) is 9.55 Å². The van der Waals surface area contributed by atoms with Gasteiger partial charge in [-0.2, -0.15) is 0 Å². The summed E-state index contributed by atoms with van der Waals surface area (Å²) >= 11 is 0. The third kappa shape index (κ3) is 5.84. The number of hydrogen-bond donors (Lipinski definition) is 3. The molecule has 2 aromatic carbocycles. The molecule has 7 nitrogen and oxygen atoms in total. The largest absolute Gasteiger partial charge is 0.397 e. The summed E-state index contributed by atoms with van der Waals surface area (Å²) in [7, 11) is 0. The first-order valence-electron chi connectivity index (χ1n) is 11.3. The lowest BCUT2D eigenvalue weighted by Crippen LogP contribution is -2.19. The molecule has 0 unspecified atom stereocenters. The summed E-state index contributed by atoms with van der Waals surface area (Å²) in [6.07, 6.45) is 1.83. The minimum atomic E-state index is -0.395. The first-order valence-corrected chi connectivity index (χ1v) is 11.3. The molecule has 0 bridgehead atoms. The maximum absolute atomic E-state index is 14.5. The number of aromatic nitrogens is 2. The summed E-state index contributed by atoms with van der Waals surface area (Å²) in [6, 6.07) is 16.8. The molecule has 4 aromatic rings. The van der Waals surface area contributed by atoms with Crippen LogP contribution in [0.1, 0.15) is 43.2 Å². The average molecular weight is 474 g/mol. The van der Waals surface area contributed by atoms with Gasteiger partial charge in [0, 0.05) is 28.6 Å². The van der Waals surface area contributed by atoms with Crippen molar-refractivity contribution < 1.29 is 14.0 Å². The van der Waals surface area contributed by atoms with E-state index in [1.807, 2.05) is 32.9 Å². The molecule has 0 fully saturated rings. The number of nitrogens with one attached hydrogen (secondary N) is 2. The predicted octanol–water partition coefficient (Wildman–Crippen LogP) is 5.43. The third-order valence-electron chi connectivity index (χ3n) is 5.42. The van der Waals surface area contributed by atoms with Crippen LogP contribution in [-0.2, 0) is 11.3 Å². The molecule has 4 rings (SSSR count). The lowest BCUT2D eigenvalue weighted by atomic mass is 9.92. The van der Waals surface area contributed by atoms with Gasteiger partial charge in [0.2, 0.25) is 5.91 Å². The van der Waals surface area contributed by atoms with Crippen molar-refractivity contribution in [1.29, 1.82) is 0 Å². The predicted molar refractivity (Wildman–Crippen MR) is 137 cm³/mol. The van der Waals surface area contributed by atoms with Gasteiger partial charge in [-0.15, -0.1) is 0 Å². The lowest BCUT2D eigenvalue weighted by molar-refractivity contribution is -0.117. The normalized spacial score (nSPS) is 11.4. The Morgan fingerprint density at radius 2 is 1.80 bits per heavy atom. The van der Waals surface area contributed by atoms with E-state index in [1.165, 1.54) is 12.3 Å². The van der Waals surface area contributed by atoms with Crippen LogP contribution in [0.25, 0.3) is 10.9 Å². The topological polar surface area (TPSA) is 102 Å². The van der Waals surface area contributed by atoms with Crippen molar-refractivity contribution in [3.8, 4) is 0 Å². The number of halogens is 1. The van der Waals surface area contributed by atoms with Crippen LogP contribution >= 0.6 is 0 Å². The monoisotopic (exact) mass is 473 g/mol. The van der Waals surface area contributed by atoms with E-state index >= 15 is 0 Å². The average Bonchev–Trinajstić information content (AvgIpc) is 3.13. The fourth-order valence-electron chi connectivity index (χ4n) is 3.85. The van der Waals surface area contributed by atoms with Gasteiger partial charge in [0.05, 0.1) is 18.4 Å². The van der Waals surface area contributed by atoms with Crippen LogP contribution < -0.4 is 16.4 Å². The summed E-state index contributed by atoms with van der Waals surface area (Å²) < 4.78 is 16.2. The molecular weight excluding hydrogens is 445 g/mol. The van der Waals surface area contributed by atoms with Gasteiger partial charge in [0.25, 0.3) is 5.91 Å². The van der Waals surface area contributed by atoms with Gasteiger partial charge in [-0.25, -0.2) is 9.37 Å². The zero-order valence-electron chi connectivity index (χ0n) is 19.9. The van der Waals surface area contributed by atoms with E-state index in [2.05, 4.69) is 15.6 Å². The highest BCUT2D eigenvalue weighted by Gasteiger charge is 2.19. The lowest BCUT2D eigenvalue weighted by Gasteiger charge is -2.17. The van der Waals surface area contributed by atoms with Gasteiger partial charge in [-0.3, -0.25) is 9.59 Å². The Balaban J connectivity index is 1.71. The molecule has 0 spiro atoms. The van der Waals surface area contributed by atoms with Crippen LogP contribution in [0.2, 0.25) is 0 Å². The van der Waals surface area contributed by atoms with Crippen molar-refractivity contribution in [3.05, 3.63) is 83.9 Å². The van der Waals surface area contributed by atoms with Gasteiger partial charge >= 0.3 is 0 Å². The summed E-state index contributed by atoms with van der Waals surface area (Å²) in [5.74, 6) is -0.489. The van der Waals surface area contributed by atoms with Crippen LogP contribution in [0, 0.1) is 11.2 Å². The zero-order chi connectivity index (χ0) is 25.2. The maximum atomic E-state index is 14.5. The molecule has 0 radical (unpaired) electrons. The second-order valence-electron chi connectivity index (χ2n) is 9.70. The standard InChI is InChI=1S/C27H28FN5O2/c1-27(2,3)14-25(34)31-20-9-10-22-18(12-20)13-23(26(35)32-24-11-8-19(29)15-30-24)33(22)16-17-6-4-5-7-21(17)28/h4-13,15H,14,16,29H2,1-3H3,(H,31,34)(H,30,32,35). The van der Waals surface area contributed by atoms with Crippen molar-refractivity contribution in [2.24, 2.45) is 5.41 Å². The molecule has 35 heavy (non-hydrogen) atoms. The van der Waals surface area contributed by atoms with Crippen LogP contribution in [0.3, 0.4) is 0 Å². The van der Waals surface area contributed by atoms with Crippen molar-refractivity contribution in [3.63, 3.8) is 0 Å². The van der Waals surface area contributed by atoms with Gasteiger partial charge in [-0.05, 0) is 47.9 Å². The Labute approximate surface area is 203 Å². The number of rotatable bonds is 6. The smallest absolute Gasteiger partial charge is 0.273 e. The Morgan fingerprint density at radius 3 is 2.49 bits per heavy atom. The molecular formula is C27H28FN5O2. The summed E-state index contributed by atoms with van der Waals surface area (Å²) in [5.41, 5.74) is 8.17. The number of benzene rings is 2. The molecule has 2 amide bonds. The van der Waals surface area contributed by atoms with E-state index in [9.17, 15) is 14.0 Å². The maximum Gasteiger partial charge on any atom is 0.273 e. The van der Waals surface area contributed by atoms with Gasteiger partial charge in [-0.1, -0.05) is 39.0 Å². The molecule has 0 atom stereocenters.